The van der Waals surface area contributed by atoms with Crippen molar-refractivity contribution in [3.63, 3.8) is 0 Å². The molecule has 0 unspecified atom stereocenters. The molecule has 5 nitrogen and oxygen atoms in total. The topological polar surface area (TPSA) is 67.4 Å². The SMILES string of the molecule is COc1ccc(CCNC(=O)C(=O)Nc2cc(Cl)c(F)c(Cl)c2)cc1. The number of carbonyl (C=O) groups is 2. The molecule has 0 aliphatic rings. The van der Waals surface area contributed by atoms with Crippen molar-refractivity contribution < 1.29 is 18.7 Å². The third-order valence-corrected chi connectivity index (χ3v) is 3.86. The van der Waals surface area contributed by atoms with E-state index in [0.717, 1.165) is 11.3 Å². The first-order valence-electron chi connectivity index (χ1n) is 7.27. The van der Waals surface area contributed by atoms with Crippen LogP contribution in [0.5, 0.6) is 5.75 Å². The third-order valence-electron chi connectivity index (χ3n) is 3.31. The lowest BCUT2D eigenvalue weighted by Crippen LogP contribution is -2.36. The van der Waals surface area contributed by atoms with E-state index < -0.39 is 17.6 Å². The summed E-state index contributed by atoms with van der Waals surface area (Å²) in [6.45, 7) is 0.281. The van der Waals surface area contributed by atoms with Crippen LogP contribution in [0.25, 0.3) is 0 Å². The molecule has 0 bridgehead atoms. The molecule has 0 heterocycles. The Balaban J connectivity index is 1.84. The number of methoxy groups -OCH3 is 1. The van der Waals surface area contributed by atoms with Crippen LogP contribution in [-0.4, -0.2) is 25.5 Å². The van der Waals surface area contributed by atoms with Crippen molar-refractivity contribution in [2.75, 3.05) is 19.0 Å². The molecule has 0 aliphatic carbocycles. The highest BCUT2D eigenvalue weighted by atomic mass is 35.5. The molecule has 0 saturated heterocycles. The lowest BCUT2D eigenvalue weighted by molar-refractivity contribution is -0.136. The van der Waals surface area contributed by atoms with Crippen LogP contribution in [0.4, 0.5) is 10.1 Å². The molecule has 0 aliphatic heterocycles. The fourth-order valence-corrected chi connectivity index (χ4v) is 2.50. The number of ether oxygens (including phenoxy) is 1. The molecule has 0 saturated carbocycles. The van der Waals surface area contributed by atoms with Crippen LogP contribution in [0, 0.1) is 5.82 Å². The van der Waals surface area contributed by atoms with Gasteiger partial charge >= 0.3 is 11.8 Å². The summed E-state index contributed by atoms with van der Waals surface area (Å²) in [5.41, 5.74) is 1.12. The van der Waals surface area contributed by atoms with Gasteiger partial charge in [-0.3, -0.25) is 9.59 Å². The van der Waals surface area contributed by atoms with Crippen LogP contribution in [0.15, 0.2) is 36.4 Å². The van der Waals surface area contributed by atoms with Gasteiger partial charge in [-0.1, -0.05) is 35.3 Å². The molecule has 0 radical (unpaired) electrons. The van der Waals surface area contributed by atoms with Crippen molar-refractivity contribution in [2.45, 2.75) is 6.42 Å². The molecule has 2 aromatic carbocycles. The highest BCUT2D eigenvalue weighted by Gasteiger charge is 2.15. The molecular weight excluding hydrogens is 370 g/mol. The average Bonchev–Trinajstić information content (AvgIpc) is 2.60. The average molecular weight is 385 g/mol. The second-order valence-electron chi connectivity index (χ2n) is 5.06. The Morgan fingerprint density at radius 3 is 2.24 bits per heavy atom. The Labute approximate surface area is 154 Å². The smallest absolute Gasteiger partial charge is 0.313 e. The van der Waals surface area contributed by atoms with E-state index in [1.165, 1.54) is 12.1 Å². The van der Waals surface area contributed by atoms with Gasteiger partial charge in [0.05, 0.1) is 17.2 Å². The number of benzene rings is 2. The number of anilines is 1. The van der Waals surface area contributed by atoms with Crippen LogP contribution >= 0.6 is 23.2 Å². The molecule has 0 spiro atoms. The van der Waals surface area contributed by atoms with Crippen molar-refractivity contribution in [3.8, 4) is 5.75 Å². The normalized spacial score (nSPS) is 10.2. The van der Waals surface area contributed by atoms with Crippen LogP contribution in [0.2, 0.25) is 10.0 Å². The van der Waals surface area contributed by atoms with E-state index in [2.05, 4.69) is 10.6 Å². The molecule has 8 heteroatoms. The number of hydrogen-bond donors (Lipinski definition) is 2. The molecule has 0 atom stereocenters. The highest BCUT2D eigenvalue weighted by molar-refractivity contribution is 6.40. The summed E-state index contributed by atoms with van der Waals surface area (Å²) >= 11 is 11.3. The highest BCUT2D eigenvalue weighted by Crippen LogP contribution is 2.27. The van der Waals surface area contributed by atoms with E-state index in [1.807, 2.05) is 24.3 Å². The summed E-state index contributed by atoms with van der Waals surface area (Å²) in [5.74, 6) is -1.76. The van der Waals surface area contributed by atoms with Gasteiger partial charge in [0.15, 0.2) is 5.82 Å². The first kappa shape index (κ1) is 19.0. The van der Waals surface area contributed by atoms with Crippen molar-refractivity contribution in [1.29, 1.82) is 0 Å². The van der Waals surface area contributed by atoms with E-state index in [1.54, 1.807) is 7.11 Å². The Morgan fingerprint density at radius 2 is 1.68 bits per heavy atom. The van der Waals surface area contributed by atoms with Crippen LogP contribution < -0.4 is 15.4 Å². The Hall–Kier alpha value is -2.31. The van der Waals surface area contributed by atoms with E-state index in [0.29, 0.717) is 6.42 Å². The lowest BCUT2D eigenvalue weighted by Gasteiger charge is -2.08. The summed E-state index contributed by atoms with van der Waals surface area (Å²) in [5, 5.41) is 4.31. The summed E-state index contributed by atoms with van der Waals surface area (Å²) in [4.78, 5) is 23.6. The fraction of sp³-hybridized carbons (Fsp3) is 0.176. The number of halogens is 3. The monoisotopic (exact) mass is 384 g/mol. The molecule has 2 aromatic rings. The van der Waals surface area contributed by atoms with Gasteiger partial charge in [0, 0.05) is 12.2 Å². The number of rotatable bonds is 5. The maximum atomic E-state index is 13.3. The Bertz CT molecular complexity index is 759. The zero-order chi connectivity index (χ0) is 18.4. The summed E-state index contributed by atoms with van der Waals surface area (Å²) in [6, 6.07) is 9.70. The molecule has 2 rings (SSSR count). The van der Waals surface area contributed by atoms with Gasteiger partial charge in [0.25, 0.3) is 0 Å². The Kier molecular flexibility index (Phi) is 6.61. The molecule has 0 fully saturated rings. The second-order valence-corrected chi connectivity index (χ2v) is 5.88. The quantitative estimate of drug-likeness (QED) is 0.612. The first-order chi connectivity index (χ1) is 11.9. The molecule has 25 heavy (non-hydrogen) atoms. The third kappa shape index (κ3) is 5.34. The molecule has 2 N–H and O–H groups in total. The van der Waals surface area contributed by atoms with Crippen molar-refractivity contribution in [2.24, 2.45) is 0 Å². The van der Waals surface area contributed by atoms with Crippen LogP contribution in [0.1, 0.15) is 5.56 Å². The first-order valence-corrected chi connectivity index (χ1v) is 8.03. The zero-order valence-corrected chi connectivity index (χ0v) is 14.7. The van der Waals surface area contributed by atoms with Gasteiger partial charge in [-0.15, -0.1) is 0 Å². The van der Waals surface area contributed by atoms with E-state index >= 15 is 0 Å². The summed E-state index contributed by atoms with van der Waals surface area (Å²) < 4.78 is 18.4. The molecule has 2 amide bonds. The van der Waals surface area contributed by atoms with E-state index in [4.69, 9.17) is 27.9 Å². The minimum Gasteiger partial charge on any atom is -0.497 e. The predicted molar refractivity (Wildman–Crippen MR) is 94.8 cm³/mol. The largest absolute Gasteiger partial charge is 0.497 e. The number of nitrogens with one attached hydrogen (secondary N) is 2. The lowest BCUT2D eigenvalue weighted by atomic mass is 10.1. The van der Waals surface area contributed by atoms with Crippen LogP contribution in [-0.2, 0) is 16.0 Å². The standard InChI is InChI=1S/C17H15Cl2FN2O3/c1-25-12-4-2-10(3-5-12)6-7-21-16(23)17(24)22-11-8-13(18)15(20)14(19)9-11/h2-5,8-9H,6-7H2,1H3,(H,21,23)(H,22,24). The van der Waals surface area contributed by atoms with E-state index in [-0.39, 0.29) is 22.3 Å². The van der Waals surface area contributed by atoms with Gasteiger partial charge < -0.3 is 15.4 Å². The summed E-state index contributed by atoms with van der Waals surface area (Å²) in [7, 11) is 1.58. The maximum Gasteiger partial charge on any atom is 0.313 e. The van der Waals surface area contributed by atoms with Crippen LogP contribution in [0.3, 0.4) is 0 Å². The predicted octanol–water partition coefficient (Wildman–Crippen LogP) is 3.44. The van der Waals surface area contributed by atoms with Crippen molar-refractivity contribution in [3.05, 3.63) is 57.8 Å². The maximum absolute atomic E-state index is 13.3. The number of amides is 2. The number of carbonyl (C=O) groups excluding carboxylic acids is 2. The van der Waals surface area contributed by atoms with Gasteiger partial charge in [-0.25, -0.2) is 4.39 Å². The molecule has 0 aromatic heterocycles. The van der Waals surface area contributed by atoms with E-state index in [9.17, 15) is 14.0 Å². The van der Waals surface area contributed by atoms with Gasteiger partial charge in [0.2, 0.25) is 0 Å². The fourth-order valence-electron chi connectivity index (χ4n) is 2.01. The second kappa shape index (κ2) is 8.69. The minimum atomic E-state index is -0.895. The molecule has 132 valence electrons. The zero-order valence-electron chi connectivity index (χ0n) is 13.2. The van der Waals surface area contributed by atoms with Gasteiger partial charge in [-0.05, 0) is 36.2 Å². The minimum absolute atomic E-state index is 0.131. The van der Waals surface area contributed by atoms with Crippen molar-refractivity contribution >= 4 is 40.7 Å². The summed E-state index contributed by atoms with van der Waals surface area (Å²) in [6.07, 6.45) is 0.553. The molecular formula is C17H15Cl2FN2O3. The number of hydrogen-bond acceptors (Lipinski definition) is 3. The van der Waals surface area contributed by atoms with Crippen molar-refractivity contribution in [1.82, 2.24) is 5.32 Å². The van der Waals surface area contributed by atoms with Gasteiger partial charge in [-0.2, -0.15) is 0 Å². The van der Waals surface area contributed by atoms with Gasteiger partial charge in [0.1, 0.15) is 5.75 Å². The Morgan fingerprint density at radius 1 is 1.08 bits per heavy atom.